The van der Waals surface area contributed by atoms with Gasteiger partial charge in [0.2, 0.25) is 5.91 Å². The molecule has 5 nitrogen and oxygen atoms in total. The number of likely N-dealkylation sites (N-methyl/N-ethyl adjacent to an activating group) is 1. The highest BCUT2D eigenvalue weighted by Gasteiger charge is 2.12. The number of pyridine rings is 1. The largest absolute Gasteiger partial charge is 0.344 e. The van der Waals surface area contributed by atoms with Gasteiger partial charge >= 0.3 is 0 Å². The first-order valence-electron chi connectivity index (χ1n) is 6.61. The number of amides is 2. The van der Waals surface area contributed by atoms with E-state index in [0.717, 1.165) is 12.0 Å². The maximum Gasteiger partial charge on any atom is 0.261 e. The van der Waals surface area contributed by atoms with Crippen LogP contribution < -0.4 is 5.32 Å². The van der Waals surface area contributed by atoms with Crippen molar-refractivity contribution in [2.45, 2.75) is 6.42 Å². The standard InChI is InChI=1S/C15H17N3O2S/c1-18(9-6-12-4-7-16-8-5-12)14(19)11-17-15(20)13-3-2-10-21-13/h2-5,7-8,10H,6,9,11H2,1H3,(H,17,20). The van der Waals surface area contributed by atoms with Crippen molar-refractivity contribution in [1.29, 1.82) is 0 Å². The molecule has 110 valence electrons. The van der Waals surface area contributed by atoms with Gasteiger partial charge < -0.3 is 10.2 Å². The average molecular weight is 303 g/mol. The van der Waals surface area contributed by atoms with Crippen molar-refractivity contribution in [1.82, 2.24) is 15.2 Å². The van der Waals surface area contributed by atoms with Crippen molar-refractivity contribution in [2.24, 2.45) is 0 Å². The lowest BCUT2D eigenvalue weighted by Crippen LogP contribution is -2.38. The van der Waals surface area contributed by atoms with Crippen LogP contribution in [0, 0.1) is 0 Å². The Bertz CT molecular complexity index is 584. The predicted molar refractivity (Wildman–Crippen MR) is 82.2 cm³/mol. The average Bonchev–Trinajstić information content (AvgIpc) is 3.05. The van der Waals surface area contributed by atoms with E-state index >= 15 is 0 Å². The zero-order valence-corrected chi connectivity index (χ0v) is 12.6. The predicted octanol–water partition coefficient (Wildman–Crippen LogP) is 1.57. The van der Waals surface area contributed by atoms with Gasteiger partial charge in [-0.05, 0) is 35.6 Å². The van der Waals surface area contributed by atoms with Crippen LogP contribution in [0.1, 0.15) is 15.2 Å². The molecule has 2 aromatic rings. The fourth-order valence-corrected chi connectivity index (χ4v) is 2.40. The molecule has 0 fully saturated rings. The number of carbonyl (C=O) groups excluding carboxylic acids is 2. The van der Waals surface area contributed by atoms with Gasteiger partial charge in [0.1, 0.15) is 0 Å². The van der Waals surface area contributed by atoms with Crippen molar-refractivity contribution in [3.05, 3.63) is 52.5 Å². The maximum absolute atomic E-state index is 11.9. The van der Waals surface area contributed by atoms with E-state index in [4.69, 9.17) is 0 Å². The Labute approximate surface area is 127 Å². The molecule has 0 aliphatic carbocycles. The minimum absolute atomic E-state index is 0.0174. The quantitative estimate of drug-likeness (QED) is 0.881. The normalized spacial score (nSPS) is 10.1. The minimum atomic E-state index is -0.208. The van der Waals surface area contributed by atoms with E-state index in [9.17, 15) is 9.59 Å². The molecule has 0 saturated heterocycles. The molecule has 6 heteroatoms. The highest BCUT2D eigenvalue weighted by atomic mass is 32.1. The van der Waals surface area contributed by atoms with Crippen molar-refractivity contribution in [2.75, 3.05) is 20.1 Å². The van der Waals surface area contributed by atoms with Crippen LogP contribution in [0.2, 0.25) is 0 Å². The molecule has 0 bridgehead atoms. The fraction of sp³-hybridized carbons (Fsp3) is 0.267. The van der Waals surface area contributed by atoms with Crippen LogP contribution in [0.15, 0.2) is 42.0 Å². The smallest absolute Gasteiger partial charge is 0.261 e. The number of carbonyl (C=O) groups is 2. The Morgan fingerprint density at radius 2 is 2.05 bits per heavy atom. The minimum Gasteiger partial charge on any atom is -0.344 e. The highest BCUT2D eigenvalue weighted by Crippen LogP contribution is 2.07. The lowest BCUT2D eigenvalue weighted by molar-refractivity contribution is -0.128. The second-order valence-electron chi connectivity index (χ2n) is 4.58. The van der Waals surface area contributed by atoms with Crippen LogP contribution >= 0.6 is 11.3 Å². The third-order valence-corrected chi connectivity index (χ3v) is 3.92. The first kappa shape index (κ1) is 15.2. The van der Waals surface area contributed by atoms with Gasteiger partial charge in [-0.25, -0.2) is 0 Å². The molecular weight excluding hydrogens is 286 g/mol. The van der Waals surface area contributed by atoms with Gasteiger partial charge in [0, 0.05) is 26.0 Å². The van der Waals surface area contributed by atoms with E-state index in [-0.39, 0.29) is 18.4 Å². The molecule has 0 radical (unpaired) electrons. The van der Waals surface area contributed by atoms with Crippen molar-refractivity contribution < 1.29 is 9.59 Å². The molecule has 21 heavy (non-hydrogen) atoms. The van der Waals surface area contributed by atoms with Gasteiger partial charge in [-0.1, -0.05) is 6.07 Å². The lowest BCUT2D eigenvalue weighted by atomic mass is 10.2. The van der Waals surface area contributed by atoms with E-state index in [1.807, 2.05) is 23.6 Å². The summed E-state index contributed by atoms with van der Waals surface area (Å²) in [7, 11) is 1.74. The summed E-state index contributed by atoms with van der Waals surface area (Å²) in [5, 5.41) is 4.47. The summed E-state index contributed by atoms with van der Waals surface area (Å²) in [6.45, 7) is 0.626. The Morgan fingerprint density at radius 1 is 1.29 bits per heavy atom. The molecule has 0 saturated carbocycles. The van der Waals surface area contributed by atoms with Gasteiger partial charge in [-0.2, -0.15) is 0 Å². The first-order valence-corrected chi connectivity index (χ1v) is 7.49. The van der Waals surface area contributed by atoms with Crippen molar-refractivity contribution in [3.63, 3.8) is 0 Å². The van der Waals surface area contributed by atoms with Gasteiger partial charge in [0.15, 0.2) is 0 Å². The lowest BCUT2D eigenvalue weighted by Gasteiger charge is -2.17. The van der Waals surface area contributed by atoms with Gasteiger partial charge in [-0.3, -0.25) is 14.6 Å². The number of hydrogen-bond acceptors (Lipinski definition) is 4. The summed E-state index contributed by atoms with van der Waals surface area (Å²) < 4.78 is 0. The molecule has 2 aromatic heterocycles. The fourth-order valence-electron chi connectivity index (χ4n) is 1.76. The molecule has 2 amide bonds. The van der Waals surface area contributed by atoms with Gasteiger partial charge in [0.25, 0.3) is 5.91 Å². The first-order chi connectivity index (χ1) is 10.2. The summed E-state index contributed by atoms with van der Waals surface area (Å²) in [5.41, 5.74) is 1.13. The van der Waals surface area contributed by atoms with E-state index in [0.29, 0.717) is 11.4 Å². The molecule has 1 N–H and O–H groups in total. The molecule has 0 atom stereocenters. The second-order valence-corrected chi connectivity index (χ2v) is 5.53. The Morgan fingerprint density at radius 3 is 2.71 bits per heavy atom. The third kappa shape index (κ3) is 4.68. The third-order valence-electron chi connectivity index (χ3n) is 3.06. The molecule has 0 aliphatic heterocycles. The van der Waals surface area contributed by atoms with E-state index in [1.54, 1.807) is 30.4 Å². The number of aromatic nitrogens is 1. The summed E-state index contributed by atoms with van der Waals surface area (Å²) in [6, 6.07) is 7.40. The van der Waals surface area contributed by atoms with Crippen molar-refractivity contribution in [3.8, 4) is 0 Å². The van der Waals surface area contributed by atoms with Gasteiger partial charge in [0.05, 0.1) is 11.4 Å². The summed E-state index contributed by atoms with van der Waals surface area (Å²) in [4.78, 5) is 29.9. The molecule has 0 spiro atoms. The Balaban J connectivity index is 1.74. The molecule has 2 rings (SSSR count). The van der Waals surface area contributed by atoms with E-state index < -0.39 is 0 Å². The molecule has 0 aliphatic rings. The maximum atomic E-state index is 11.9. The van der Waals surface area contributed by atoms with Crippen LogP contribution in [0.3, 0.4) is 0 Å². The molecule has 0 aromatic carbocycles. The van der Waals surface area contributed by atoms with Crippen LogP contribution in [-0.4, -0.2) is 41.8 Å². The number of nitrogens with zero attached hydrogens (tertiary/aromatic N) is 2. The Kier molecular flexibility index (Phi) is 5.45. The highest BCUT2D eigenvalue weighted by molar-refractivity contribution is 7.12. The molecular formula is C15H17N3O2S. The van der Waals surface area contributed by atoms with Crippen LogP contribution in [0.25, 0.3) is 0 Å². The summed E-state index contributed by atoms with van der Waals surface area (Å²) >= 11 is 1.36. The SMILES string of the molecule is CN(CCc1ccncc1)C(=O)CNC(=O)c1cccs1. The van der Waals surface area contributed by atoms with Crippen LogP contribution in [0.4, 0.5) is 0 Å². The molecule has 2 heterocycles. The Hall–Kier alpha value is -2.21. The number of rotatable bonds is 6. The zero-order valence-electron chi connectivity index (χ0n) is 11.8. The summed E-state index contributed by atoms with van der Waals surface area (Å²) in [6.07, 6.45) is 4.24. The topological polar surface area (TPSA) is 62.3 Å². The van der Waals surface area contributed by atoms with Crippen LogP contribution in [-0.2, 0) is 11.2 Å². The van der Waals surface area contributed by atoms with Crippen LogP contribution in [0.5, 0.6) is 0 Å². The van der Waals surface area contributed by atoms with E-state index in [2.05, 4.69) is 10.3 Å². The number of hydrogen-bond donors (Lipinski definition) is 1. The monoisotopic (exact) mass is 303 g/mol. The van der Waals surface area contributed by atoms with E-state index in [1.165, 1.54) is 11.3 Å². The number of thiophene rings is 1. The van der Waals surface area contributed by atoms with Gasteiger partial charge in [-0.15, -0.1) is 11.3 Å². The second kappa shape index (κ2) is 7.54. The summed E-state index contributed by atoms with van der Waals surface area (Å²) in [5.74, 6) is -0.310. The zero-order chi connectivity index (χ0) is 15.1. The molecule has 0 unspecified atom stereocenters. The number of nitrogens with one attached hydrogen (secondary N) is 1. The van der Waals surface area contributed by atoms with Crippen molar-refractivity contribution >= 4 is 23.2 Å².